The highest BCUT2D eigenvalue weighted by molar-refractivity contribution is 8.26. The molecule has 2 heterocycles. The first-order valence-corrected chi connectivity index (χ1v) is 12.6. The molecule has 0 spiro atoms. The van der Waals surface area contributed by atoms with Crippen LogP contribution in [0.5, 0.6) is 0 Å². The fourth-order valence-corrected chi connectivity index (χ4v) is 5.31. The number of allylic oxidation sites excluding steroid dienone is 2. The molecule has 2 amide bonds. The number of hydrogen-bond donors (Lipinski definition) is 3. The fourth-order valence-electron chi connectivity index (χ4n) is 3.95. The maximum absolute atomic E-state index is 12.9. The summed E-state index contributed by atoms with van der Waals surface area (Å²) >= 11 is 6.55. The Bertz CT molecular complexity index is 1380. The number of carbonyl (C=O) groups excluding carboxylic acids is 2. The first kappa shape index (κ1) is 25.4. The van der Waals surface area contributed by atoms with E-state index in [2.05, 4.69) is 10.3 Å². The second-order valence-corrected chi connectivity index (χ2v) is 10.1. The SMILES string of the molecule is CC(=C\c1ccccc1)/C=C1/SC(=S)N(CCC(=O)N[C@H](Cc2c[nH]c3ccccc23)C(=O)O)C1=O. The molecule has 0 radical (unpaired) electrons. The van der Waals surface area contributed by atoms with E-state index in [4.69, 9.17) is 12.2 Å². The van der Waals surface area contributed by atoms with Crippen molar-refractivity contribution in [2.75, 3.05) is 6.54 Å². The quantitative estimate of drug-likeness (QED) is 0.284. The molecule has 4 rings (SSSR count). The Morgan fingerprint density at radius 3 is 2.64 bits per heavy atom. The third-order valence-corrected chi connectivity index (χ3v) is 7.10. The van der Waals surface area contributed by atoms with Crippen molar-refractivity contribution >= 4 is 63.1 Å². The molecule has 2 aromatic carbocycles. The zero-order chi connectivity index (χ0) is 25.7. The molecule has 184 valence electrons. The number of carboxylic acid groups (broad SMARTS) is 1. The Morgan fingerprint density at radius 2 is 1.89 bits per heavy atom. The summed E-state index contributed by atoms with van der Waals surface area (Å²) in [5, 5.41) is 13.2. The van der Waals surface area contributed by atoms with E-state index in [0.29, 0.717) is 9.23 Å². The van der Waals surface area contributed by atoms with Gasteiger partial charge in [0.25, 0.3) is 5.91 Å². The lowest BCUT2D eigenvalue weighted by atomic mass is 10.0. The molecule has 0 unspecified atom stereocenters. The predicted molar refractivity (Wildman–Crippen MR) is 146 cm³/mol. The number of rotatable bonds is 9. The van der Waals surface area contributed by atoms with Gasteiger partial charge in [0.1, 0.15) is 10.4 Å². The summed E-state index contributed by atoms with van der Waals surface area (Å²) in [5.74, 6) is -1.84. The third-order valence-electron chi connectivity index (χ3n) is 5.72. The van der Waals surface area contributed by atoms with Crippen LogP contribution in [-0.4, -0.2) is 49.7 Å². The van der Waals surface area contributed by atoms with Crippen LogP contribution in [0.3, 0.4) is 0 Å². The topological polar surface area (TPSA) is 102 Å². The van der Waals surface area contributed by atoms with Gasteiger partial charge in [0.15, 0.2) is 0 Å². The third kappa shape index (κ3) is 6.10. The fraction of sp³-hybridized carbons (Fsp3) is 0.185. The predicted octanol–water partition coefficient (Wildman–Crippen LogP) is 4.52. The zero-order valence-corrected chi connectivity index (χ0v) is 21.2. The van der Waals surface area contributed by atoms with Gasteiger partial charge in [0, 0.05) is 36.5 Å². The number of nitrogens with zero attached hydrogens (tertiary/aromatic N) is 1. The molecule has 3 aromatic rings. The number of thiocarbonyl (C=S) groups is 1. The molecule has 9 heteroatoms. The van der Waals surface area contributed by atoms with E-state index in [1.54, 1.807) is 12.3 Å². The van der Waals surface area contributed by atoms with Crippen LogP contribution < -0.4 is 5.32 Å². The number of fused-ring (bicyclic) bond motifs is 1. The Balaban J connectivity index is 1.35. The highest BCUT2D eigenvalue weighted by Gasteiger charge is 2.32. The lowest BCUT2D eigenvalue weighted by Crippen LogP contribution is -2.43. The summed E-state index contributed by atoms with van der Waals surface area (Å²) in [4.78, 5) is 42.3. The van der Waals surface area contributed by atoms with Crippen LogP contribution in [0.25, 0.3) is 17.0 Å². The molecule has 1 fully saturated rings. The molecule has 0 aliphatic carbocycles. The molecule has 1 aliphatic heterocycles. The first-order chi connectivity index (χ1) is 17.3. The lowest BCUT2D eigenvalue weighted by Gasteiger charge is -2.17. The number of amides is 2. The molecule has 1 atom stereocenters. The number of para-hydroxylation sites is 1. The monoisotopic (exact) mass is 519 g/mol. The summed E-state index contributed by atoms with van der Waals surface area (Å²) in [5.41, 5.74) is 3.64. The van der Waals surface area contributed by atoms with Gasteiger partial charge in [-0.15, -0.1) is 0 Å². The number of aliphatic carboxylic acids is 1. The number of benzene rings is 2. The largest absolute Gasteiger partial charge is 0.480 e. The van der Waals surface area contributed by atoms with Crippen molar-refractivity contribution in [1.29, 1.82) is 0 Å². The van der Waals surface area contributed by atoms with Gasteiger partial charge in [0.05, 0.1) is 4.91 Å². The lowest BCUT2D eigenvalue weighted by molar-refractivity contribution is -0.141. The van der Waals surface area contributed by atoms with Gasteiger partial charge in [-0.05, 0) is 35.8 Å². The number of carboxylic acids is 1. The normalized spacial score (nSPS) is 16.1. The Hall–Kier alpha value is -3.69. The minimum absolute atomic E-state index is 0.0593. The number of hydrogen-bond acceptors (Lipinski definition) is 5. The Morgan fingerprint density at radius 1 is 1.17 bits per heavy atom. The first-order valence-electron chi connectivity index (χ1n) is 11.4. The van der Waals surface area contributed by atoms with E-state index in [9.17, 15) is 19.5 Å². The van der Waals surface area contributed by atoms with Crippen LogP contribution in [-0.2, 0) is 20.8 Å². The van der Waals surface area contributed by atoms with Gasteiger partial charge in [-0.25, -0.2) is 4.79 Å². The van der Waals surface area contributed by atoms with Gasteiger partial charge >= 0.3 is 5.97 Å². The number of carbonyl (C=O) groups is 3. The summed E-state index contributed by atoms with van der Waals surface area (Å²) in [6.07, 6.45) is 5.60. The van der Waals surface area contributed by atoms with E-state index in [1.807, 2.05) is 67.6 Å². The molecule has 0 saturated carbocycles. The van der Waals surface area contributed by atoms with E-state index in [0.717, 1.165) is 27.6 Å². The van der Waals surface area contributed by atoms with E-state index in [-0.39, 0.29) is 25.3 Å². The summed E-state index contributed by atoms with van der Waals surface area (Å²) in [6.45, 7) is 1.99. The number of aromatic nitrogens is 1. The highest BCUT2D eigenvalue weighted by Crippen LogP contribution is 2.32. The van der Waals surface area contributed by atoms with E-state index < -0.39 is 17.9 Å². The summed E-state index contributed by atoms with van der Waals surface area (Å²) < 4.78 is 0.375. The van der Waals surface area contributed by atoms with E-state index in [1.165, 1.54) is 16.7 Å². The van der Waals surface area contributed by atoms with Crippen molar-refractivity contribution in [3.05, 3.63) is 88.5 Å². The molecular formula is C27H25N3O4S2. The van der Waals surface area contributed by atoms with Gasteiger partial charge in [-0.2, -0.15) is 0 Å². The van der Waals surface area contributed by atoms with Crippen LogP contribution in [0.4, 0.5) is 0 Å². The van der Waals surface area contributed by atoms with Crippen LogP contribution >= 0.6 is 24.0 Å². The average Bonchev–Trinajstić information content (AvgIpc) is 3.37. The molecule has 1 saturated heterocycles. The standard InChI is InChI=1S/C27H25N3O4S2/c1-17(13-18-7-3-2-4-8-18)14-23-25(32)30(27(35)36-23)12-11-24(31)29-22(26(33)34)15-19-16-28-21-10-6-5-9-20(19)21/h2-10,13-14,16,22,28H,11-12,15H2,1H3,(H,29,31)(H,33,34)/b17-13+,23-14+/t22-/m1/s1. The van der Waals surface area contributed by atoms with Crippen LogP contribution in [0.1, 0.15) is 24.5 Å². The van der Waals surface area contributed by atoms with Crippen molar-refractivity contribution in [2.24, 2.45) is 0 Å². The Labute approximate surface area is 218 Å². The van der Waals surface area contributed by atoms with Gasteiger partial charge in [-0.3, -0.25) is 14.5 Å². The molecule has 36 heavy (non-hydrogen) atoms. The molecule has 0 bridgehead atoms. The van der Waals surface area contributed by atoms with Crippen LogP contribution in [0.2, 0.25) is 0 Å². The van der Waals surface area contributed by atoms with Crippen molar-refractivity contribution in [1.82, 2.24) is 15.2 Å². The van der Waals surface area contributed by atoms with Gasteiger partial charge < -0.3 is 15.4 Å². The van der Waals surface area contributed by atoms with Crippen molar-refractivity contribution in [3.8, 4) is 0 Å². The van der Waals surface area contributed by atoms with Crippen molar-refractivity contribution in [3.63, 3.8) is 0 Å². The maximum atomic E-state index is 12.9. The molecule has 1 aromatic heterocycles. The van der Waals surface area contributed by atoms with Crippen LogP contribution in [0, 0.1) is 0 Å². The Kier molecular flexibility index (Phi) is 8.02. The molecule has 1 aliphatic rings. The number of aromatic amines is 1. The highest BCUT2D eigenvalue weighted by atomic mass is 32.2. The molecular weight excluding hydrogens is 494 g/mol. The van der Waals surface area contributed by atoms with Gasteiger partial charge in [0.2, 0.25) is 5.91 Å². The van der Waals surface area contributed by atoms with Crippen molar-refractivity contribution < 1.29 is 19.5 Å². The second-order valence-electron chi connectivity index (χ2n) is 8.40. The number of thioether (sulfide) groups is 1. The summed E-state index contributed by atoms with van der Waals surface area (Å²) in [7, 11) is 0. The summed E-state index contributed by atoms with van der Waals surface area (Å²) in [6, 6.07) is 16.3. The van der Waals surface area contributed by atoms with E-state index >= 15 is 0 Å². The second kappa shape index (κ2) is 11.4. The number of nitrogens with one attached hydrogen (secondary N) is 2. The van der Waals surface area contributed by atoms with Crippen molar-refractivity contribution in [2.45, 2.75) is 25.8 Å². The minimum atomic E-state index is -1.12. The molecule has 3 N–H and O–H groups in total. The van der Waals surface area contributed by atoms with Gasteiger partial charge in [-0.1, -0.05) is 78.6 Å². The number of H-pyrrole nitrogens is 1. The smallest absolute Gasteiger partial charge is 0.326 e. The molecule has 7 nitrogen and oxygen atoms in total. The zero-order valence-electron chi connectivity index (χ0n) is 19.6. The minimum Gasteiger partial charge on any atom is -0.480 e. The van der Waals surface area contributed by atoms with Crippen LogP contribution in [0.15, 0.2) is 77.3 Å². The maximum Gasteiger partial charge on any atom is 0.326 e. The average molecular weight is 520 g/mol.